The van der Waals surface area contributed by atoms with E-state index in [1.54, 1.807) is 37.5 Å². The Bertz CT molecular complexity index is 1520. The number of carbonyl (C=O) groups is 1. The third-order valence-corrected chi connectivity index (χ3v) is 7.89. The number of carboxylic acids is 1. The number of aromatic nitrogens is 4. The topological polar surface area (TPSA) is 95.7 Å². The molecule has 1 aliphatic heterocycles. The van der Waals surface area contributed by atoms with Gasteiger partial charge in [0.05, 0.1) is 5.69 Å². The van der Waals surface area contributed by atoms with Crippen LogP contribution in [0.1, 0.15) is 30.3 Å². The quantitative estimate of drug-likeness (QED) is 0.309. The molecule has 38 heavy (non-hydrogen) atoms. The molecule has 1 saturated carbocycles. The van der Waals surface area contributed by atoms with Crippen LogP contribution in [0.5, 0.6) is 5.75 Å². The number of pyridine rings is 1. The van der Waals surface area contributed by atoms with E-state index in [0.717, 1.165) is 28.2 Å². The number of anilines is 1. The molecule has 2 aliphatic rings. The Morgan fingerprint density at radius 2 is 1.84 bits per heavy atom. The van der Waals surface area contributed by atoms with Gasteiger partial charge in [-0.1, -0.05) is 25.1 Å². The summed E-state index contributed by atoms with van der Waals surface area (Å²) in [4.78, 5) is 27.1. The van der Waals surface area contributed by atoms with Gasteiger partial charge in [-0.15, -0.1) is 0 Å². The second-order valence-corrected chi connectivity index (χ2v) is 10.2. The molecule has 4 aromatic rings. The van der Waals surface area contributed by atoms with E-state index in [1.807, 2.05) is 34.6 Å². The van der Waals surface area contributed by atoms with Gasteiger partial charge in [0, 0.05) is 77.3 Å². The number of aryl methyl sites for hydroxylation is 1. The number of halogens is 2. The molecule has 0 bridgehead atoms. The fourth-order valence-corrected chi connectivity index (χ4v) is 5.48. The molecule has 11 heteroatoms. The summed E-state index contributed by atoms with van der Waals surface area (Å²) >= 11 is 0. The maximum absolute atomic E-state index is 12.9. The van der Waals surface area contributed by atoms with E-state index in [1.165, 1.54) is 6.07 Å². The second kappa shape index (κ2) is 9.94. The van der Waals surface area contributed by atoms with Crippen molar-refractivity contribution in [2.24, 2.45) is 10.8 Å². The van der Waals surface area contributed by atoms with Crippen LogP contribution in [0.4, 0.5) is 14.7 Å². The van der Waals surface area contributed by atoms with Crippen LogP contribution in [0, 0.1) is 17.8 Å². The van der Waals surface area contributed by atoms with E-state index in [0.29, 0.717) is 37.4 Å². The van der Waals surface area contributed by atoms with Gasteiger partial charge in [-0.2, -0.15) is 8.78 Å². The van der Waals surface area contributed by atoms with E-state index in [-0.39, 0.29) is 62.5 Å². The van der Waals surface area contributed by atoms with Gasteiger partial charge in [0.25, 0.3) is 0 Å². The number of rotatable bonds is 7. The SMILES string of the molecule is Cc1nc2ccc(-c3cnc(N4CC5(C4)CC5(C)C(=O)[O-])nc3)cn2c1Cc1ccccc1OC(F)F.[K+]. The largest absolute Gasteiger partial charge is 1.00 e. The molecule has 1 aliphatic carbocycles. The first-order valence-electron chi connectivity index (χ1n) is 12.0. The van der Waals surface area contributed by atoms with Crippen molar-refractivity contribution in [3.8, 4) is 16.9 Å². The molecular formula is C27H24F2KN5O3. The van der Waals surface area contributed by atoms with E-state index in [9.17, 15) is 18.7 Å². The minimum Gasteiger partial charge on any atom is -0.550 e. The molecule has 4 heterocycles. The number of fused-ring (bicyclic) bond motifs is 1. The number of benzene rings is 1. The summed E-state index contributed by atoms with van der Waals surface area (Å²) in [5.74, 6) is -0.276. The number of ether oxygens (including phenoxy) is 1. The van der Waals surface area contributed by atoms with E-state index in [4.69, 9.17) is 4.74 Å². The fourth-order valence-electron chi connectivity index (χ4n) is 5.48. The third kappa shape index (κ3) is 4.54. The summed E-state index contributed by atoms with van der Waals surface area (Å²) in [6.45, 7) is 1.95. The molecule has 1 saturated heterocycles. The van der Waals surface area contributed by atoms with Gasteiger partial charge in [-0.05, 0) is 31.5 Å². The van der Waals surface area contributed by atoms with Crippen LogP contribution in [-0.4, -0.2) is 45.0 Å². The maximum Gasteiger partial charge on any atom is 1.00 e. The minimum absolute atomic E-state index is 0. The van der Waals surface area contributed by atoms with E-state index >= 15 is 0 Å². The standard InChI is InChI=1S/C27H25F2N5O3.K/c1-16-20(9-17-5-3-4-6-21(17)37-24(28)29)34-12-18(7-8-22(34)32-16)19-10-30-25(31-11-19)33-14-27(15-33)13-26(27,2)23(35)36;/h3-8,10-12,24H,9,13-15H2,1-2H3,(H,35,36);/q;+1/p-1. The van der Waals surface area contributed by atoms with Crippen molar-refractivity contribution >= 4 is 17.6 Å². The number of carboxylic acid groups (broad SMARTS) is 1. The Hall–Kier alpha value is -2.44. The zero-order valence-electron chi connectivity index (χ0n) is 21.3. The molecule has 1 unspecified atom stereocenters. The van der Waals surface area contributed by atoms with Crippen molar-refractivity contribution < 1.29 is 74.8 Å². The predicted octanol–water partition coefficient (Wildman–Crippen LogP) is 0.262. The number of nitrogens with zero attached hydrogens (tertiary/aromatic N) is 5. The molecule has 1 aromatic carbocycles. The molecule has 0 amide bonds. The van der Waals surface area contributed by atoms with Crippen LogP contribution in [0.2, 0.25) is 0 Å². The normalized spacial score (nSPS) is 19.3. The summed E-state index contributed by atoms with van der Waals surface area (Å²) < 4.78 is 32.4. The summed E-state index contributed by atoms with van der Waals surface area (Å²) in [7, 11) is 0. The molecule has 190 valence electrons. The van der Waals surface area contributed by atoms with E-state index in [2.05, 4.69) is 15.0 Å². The van der Waals surface area contributed by atoms with Crippen molar-refractivity contribution in [1.82, 2.24) is 19.4 Å². The molecule has 8 nitrogen and oxygen atoms in total. The van der Waals surface area contributed by atoms with Crippen LogP contribution in [0.25, 0.3) is 16.8 Å². The Morgan fingerprint density at radius 3 is 2.50 bits per heavy atom. The number of imidazole rings is 1. The van der Waals surface area contributed by atoms with Crippen molar-refractivity contribution in [2.45, 2.75) is 33.3 Å². The van der Waals surface area contributed by atoms with Crippen molar-refractivity contribution in [1.29, 1.82) is 0 Å². The number of hydrogen-bond acceptors (Lipinski definition) is 7. The maximum atomic E-state index is 12.9. The van der Waals surface area contributed by atoms with Gasteiger partial charge in [0.1, 0.15) is 11.4 Å². The molecule has 3 aromatic heterocycles. The first-order chi connectivity index (χ1) is 17.7. The van der Waals surface area contributed by atoms with Gasteiger partial charge < -0.3 is 23.9 Å². The van der Waals surface area contributed by atoms with Gasteiger partial charge in [-0.25, -0.2) is 15.0 Å². The Labute approximate surface area is 260 Å². The average molecular weight is 544 g/mol. The van der Waals surface area contributed by atoms with Crippen LogP contribution < -0.4 is 66.1 Å². The number of carbonyl (C=O) groups excluding carboxylic acids is 1. The number of aliphatic carboxylic acids is 1. The van der Waals surface area contributed by atoms with Gasteiger partial charge in [-0.3, -0.25) is 0 Å². The van der Waals surface area contributed by atoms with Gasteiger partial charge >= 0.3 is 58.0 Å². The molecule has 1 atom stereocenters. The molecule has 6 rings (SSSR count). The molecule has 0 radical (unpaired) electrons. The molecule has 1 spiro atoms. The van der Waals surface area contributed by atoms with Crippen molar-refractivity contribution in [3.05, 3.63) is 71.9 Å². The van der Waals surface area contributed by atoms with Gasteiger partial charge in [0.2, 0.25) is 5.95 Å². The smallest absolute Gasteiger partial charge is 0.550 e. The summed E-state index contributed by atoms with van der Waals surface area (Å²) in [5.41, 5.74) is 3.75. The Kier molecular flexibility index (Phi) is 7.10. The van der Waals surface area contributed by atoms with Crippen LogP contribution >= 0.6 is 0 Å². The zero-order valence-corrected chi connectivity index (χ0v) is 24.4. The third-order valence-electron chi connectivity index (χ3n) is 7.89. The first-order valence-corrected chi connectivity index (χ1v) is 12.0. The van der Waals surface area contributed by atoms with E-state index < -0.39 is 18.0 Å². The summed E-state index contributed by atoms with van der Waals surface area (Å²) in [5, 5.41) is 11.4. The molecule has 0 N–H and O–H groups in total. The Morgan fingerprint density at radius 1 is 1.13 bits per heavy atom. The number of hydrogen-bond donors (Lipinski definition) is 0. The van der Waals surface area contributed by atoms with Crippen molar-refractivity contribution in [2.75, 3.05) is 18.0 Å². The van der Waals surface area contributed by atoms with Gasteiger partial charge in [0.15, 0.2) is 0 Å². The Balaban J connectivity index is 0.00000294. The fraction of sp³-hybridized carbons (Fsp3) is 0.333. The monoisotopic (exact) mass is 543 g/mol. The summed E-state index contributed by atoms with van der Waals surface area (Å²) in [6, 6.07) is 10.6. The summed E-state index contributed by atoms with van der Waals surface area (Å²) in [6.07, 6.45) is 6.43. The molecule has 2 fully saturated rings. The average Bonchev–Trinajstić information content (AvgIpc) is 3.39. The first kappa shape index (κ1) is 27.1. The minimum atomic E-state index is -2.90. The van der Waals surface area contributed by atoms with Crippen LogP contribution in [0.15, 0.2) is 55.0 Å². The zero-order chi connectivity index (χ0) is 25.9. The second-order valence-electron chi connectivity index (χ2n) is 10.2. The predicted molar refractivity (Wildman–Crippen MR) is 129 cm³/mol. The van der Waals surface area contributed by atoms with Crippen LogP contribution in [-0.2, 0) is 11.2 Å². The molecular weight excluding hydrogens is 519 g/mol. The van der Waals surface area contributed by atoms with Crippen LogP contribution in [0.3, 0.4) is 0 Å². The number of para-hydroxylation sites is 1. The van der Waals surface area contributed by atoms with Crippen molar-refractivity contribution in [3.63, 3.8) is 0 Å². The number of alkyl halides is 2.